The van der Waals surface area contributed by atoms with E-state index >= 15 is 0 Å². The molecule has 0 bridgehead atoms. The molecule has 2 rings (SSSR count). The largest absolute Gasteiger partial charge is 0.481 e. The molecular formula is C23H33ClN2O4. The molecule has 7 heteroatoms. The van der Waals surface area contributed by atoms with Crippen molar-refractivity contribution in [3.05, 3.63) is 34.9 Å². The van der Waals surface area contributed by atoms with Crippen molar-refractivity contribution in [2.75, 3.05) is 13.1 Å². The zero-order valence-electron chi connectivity index (χ0n) is 18.3. The zero-order valence-corrected chi connectivity index (χ0v) is 19.0. The molecule has 1 aliphatic rings. The fourth-order valence-corrected chi connectivity index (χ4v) is 4.34. The van der Waals surface area contributed by atoms with Crippen LogP contribution in [0, 0.1) is 11.3 Å². The van der Waals surface area contributed by atoms with Crippen LogP contribution in [0.15, 0.2) is 24.3 Å². The maximum Gasteiger partial charge on any atom is 0.303 e. The molecule has 1 aliphatic heterocycles. The van der Waals surface area contributed by atoms with Crippen molar-refractivity contribution in [2.24, 2.45) is 11.3 Å². The fourth-order valence-electron chi connectivity index (χ4n) is 4.21. The highest BCUT2D eigenvalue weighted by Crippen LogP contribution is 2.42. The van der Waals surface area contributed by atoms with Crippen LogP contribution in [0.25, 0.3) is 0 Å². The molecule has 2 amide bonds. The second kappa shape index (κ2) is 10.3. The van der Waals surface area contributed by atoms with Crippen LogP contribution in [-0.4, -0.2) is 46.9 Å². The van der Waals surface area contributed by atoms with Gasteiger partial charge in [-0.1, -0.05) is 51.4 Å². The van der Waals surface area contributed by atoms with Gasteiger partial charge in [-0.25, -0.2) is 0 Å². The van der Waals surface area contributed by atoms with E-state index in [4.69, 9.17) is 16.7 Å². The number of carboxylic acids is 1. The van der Waals surface area contributed by atoms with Gasteiger partial charge < -0.3 is 15.3 Å². The van der Waals surface area contributed by atoms with Crippen LogP contribution in [0.2, 0.25) is 5.02 Å². The lowest BCUT2D eigenvalue weighted by molar-refractivity contribution is -0.141. The summed E-state index contributed by atoms with van der Waals surface area (Å²) >= 11 is 6.02. The van der Waals surface area contributed by atoms with E-state index in [1.54, 1.807) is 0 Å². The summed E-state index contributed by atoms with van der Waals surface area (Å²) in [6, 6.07) is 7.31. The first-order valence-electron chi connectivity index (χ1n) is 10.6. The number of aliphatic carboxylic acids is 1. The Balaban J connectivity index is 2.03. The number of carbonyl (C=O) groups excluding carboxylic acids is 2. The highest BCUT2D eigenvalue weighted by molar-refractivity contribution is 6.30. The Kier molecular flexibility index (Phi) is 8.30. The molecule has 6 nitrogen and oxygen atoms in total. The molecule has 1 saturated heterocycles. The van der Waals surface area contributed by atoms with Crippen molar-refractivity contribution in [1.82, 2.24) is 10.2 Å². The molecule has 0 radical (unpaired) electrons. The molecule has 1 aromatic rings. The maximum atomic E-state index is 13.2. The Morgan fingerprint density at radius 1 is 1.20 bits per heavy atom. The number of halogens is 1. The lowest BCUT2D eigenvalue weighted by atomic mass is 9.70. The standard InChI is InChI=1S/C23H33ClN2O4/c1-15(2)21(25-19(27)6-5-7-20(28)29)22(30)26-13-12-18(23(3,4)14-26)16-8-10-17(24)11-9-16/h8-11,15,18,21H,5-7,12-14H2,1-4H3,(H,25,27)(H,28,29)/t18?,21-/m1/s1. The van der Waals surface area contributed by atoms with E-state index in [0.717, 1.165) is 6.42 Å². The van der Waals surface area contributed by atoms with E-state index in [2.05, 4.69) is 31.3 Å². The third kappa shape index (κ3) is 6.46. The first kappa shape index (κ1) is 24.2. The quantitative estimate of drug-likeness (QED) is 0.642. The van der Waals surface area contributed by atoms with Crippen LogP contribution in [0.5, 0.6) is 0 Å². The van der Waals surface area contributed by atoms with Crippen molar-refractivity contribution >= 4 is 29.4 Å². The average molecular weight is 437 g/mol. The van der Waals surface area contributed by atoms with Crippen molar-refractivity contribution in [3.63, 3.8) is 0 Å². The minimum Gasteiger partial charge on any atom is -0.481 e. The average Bonchev–Trinajstić information content (AvgIpc) is 2.65. The van der Waals surface area contributed by atoms with E-state index in [0.29, 0.717) is 24.0 Å². The maximum absolute atomic E-state index is 13.2. The number of amides is 2. The predicted molar refractivity (Wildman–Crippen MR) is 117 cm³/mol. The number of hydrogen-bond acceptors (Lipinski definition) is 3. The summed E-state index contributed by atoms with van der Waals surface area (Å²) in [7, 11) is 0. The van der Waals surface area contributed by atoms with Crippen LogP contribution in [0.3, 0.4) is 0 Å². The second-order valence-corrected chi connectivity index (χ2v) is 9.61. The van der Waals surface area contributed by atoms with E-state index in [1.807, 2.05) is 30.9 Å². The third-order valence-corrected chi connectivity index (χ3v) is 6.11. The van der Waals surface area contributed by atoms with E-state index < -0.39 is 12.0 Å². The third-order valence-electron chi connectivity index (χ3n) is 5.86. The molecule has 166 valence electrons. The highest BCUT2D eigenvalue weighted by atomic mass is 35.5. The van der Waals surface area contributed by atoms with E-state index in [9.17, 15) is 14.4 Å². The van der Waals surface area contributed by atoms with Crippen LogP contribution in [0.4, 0.5) is 0 Å². The van der Waals surface area contributed by atoms with Gasteiger partial charge in [-0.2, -0.15) is 0 Å². The first-order valence-corrected chi connectivity index (χ1v) is 10.9. The van der Waals surface area contributed by atoms with Crippen molar-refractivity contribution in [2.45, 2.75) is 65.3 Å². The summed E-state index contributed by atoms with van der Waals surface area (Å²) in [5.41, 5.74) is 1.11. The highest BCUT2D eigenvalue weighted by Gasteiger charge is 2.40. The Hall–Kier alpha value is -2.08. The molecule has 1 fully saturated rings. The van der Waals surface area contributed by atoms with Gasteiger partial charge in [0.15, 0.2) is 0 Å². The smallest absolute Gasteiger partial charge is 0.303 e. The Bertz CT molecular complexity index is 761. The van der Waals surface area contributed by atoms with Crippen LogP contribution < -0.4 is 5.32 Å². The Morgan fingerprint density at radius 3 is 2.37 bits per heavy atom. The van der Waals surface area contributed by atoms with Crippen LogP contribution >= 0.6 is 11.6 Å². The predicted octanol–water partition coefficient (Wildman–Crippen LogP) is 4.08. The lowest BCUT2D eigenvalue weighted by Gasteiger charge is -2.45. The summed E-state index contributed by atoms with van der Waals surface area (Å²) in [6.45, 7) is 9.39. The summed E-state index contributed by atoms with van der Waals surface area (Å²) in [6.07, 6.45) is 1.16. The summed E-state index contributed by atoms with van der Waals surface area (Å²) in [5.74, 6) is -1.01. The number of nitrogens with zero attached hydrogens (tertiary/aromatic N) is 1. The Morgan fingerprint density at radius 2 is 1.83 bits per heavy atom. The molecule has 0 spiro atoms. The number of hydrogen-bond donors (Lipinski definition) is 2. The Labute approximate surface area is 184 Å². The number of benzene rings is 1. The van der Waals surface area contributed by atoms with Crippen molar-refractivity contribution in [3.8, 4) is 0 Å². The van der Waals surface area contributed by atoms with Gasteiger partial charge in [-0.05, 0) is 47.8 Å². The summed E-state index contributed by atoms with van der Waals surface area (Å²) < 4.78 is 0. The number of nitrogens with one attached hydrogen (secondary N) is 1. The van der Waals surface area contributed by atoms with Crippen molar-refractivity contribution in [1.29, 1.82) is 0 Å². The fraction of sp³-hybridized carbons (Fsp3) is 0.609. The molecule has 1 aromatic carbocycles. The van der Waals surface area contributed by atoms with Gasteiger partial charge in [0.05, 0.1) is 0 Å². The molecule has 1 heterocycles. The zero-order chi connectivity index (χ0) is 22.5. The number of rotatable bonds is 8. The number of carbonyl (C=O) groups is 3. The van der Waals surface area contributed by atoms with Gasteiger partial charge in [-0.15, -0.1) is 0 Å². The van der Waals surface area contributed by atoms with Crippen LogP contribution in [0.1, 0.15) is 64.9 Å². The SMILES string of the molecule is CC(C)[C@@H](NC(=O)CCCC(=O)O)C(=O)N1CCC(c2ccc(Cl)cc2)C(C)(C)C1. The van der Waals surface area contributed by atoms with Gasteiger partial charge in [0, 0.05) is 31.0 Å². The molecule has 0 aliphatic carbocycles. The van der Waals surface area contributed by atoms with Gasteiger partial charge >= 0.3 is 5.97 Å². The molecular weight excluding hydrogens is 404 g/mol. The molecule has 1 unspecified atom stereocenters. The second-order valence-electron chi connectivity index (χ2n) is 9.18. The monoisotopic (exact) mass is 436 g/mol. The number of likely N-dealkylation sites (tertiary alicyclic amines) is 1. The number of piperidine rings is 1. The minimum atomic E-state index is -0.926. The van der Waals surface area contributed by atoms with Gasteiger partial charge in [-0.3, -0.25) is 14.4 Å². The topological polar surface area (TPSA) is 86.7 Å². The molecule has 0 aromatic heterocycles. The normalized spacial score (nSPS) is 19.4. The molecule has 0 saturated carbocycles. The van der Waals surface area contributed by atoms with Gasteiger partial charge in [0.25, 0.3) is 0 Å². The first-order chi connectivity index (χ1) is 14.0. The molecule has 30 heavy (non-hydrogen) atoms. The van der Waals surface area contributed by atoms with Gasteiger partial charge in [0.1, 0.15) is 6.04 Å². The van der Waals surface area contributed by atoms with Gasteiger partial charge in [0.2, 0.25) is 11.8 Å². The van der Waals surface area contributed by atoms with E-state index in [1.165, 1.54) is 5.56 Å². The molecule has 2 N–H and O–H groups in total. The lowest BCUT2D eigenvalue weighted by Crippen LogP contribution is -2.55. The van der Waals surface area contributed by atoms with Crippen LogP contribution in [-0.2, 0) is 14.4 Å². The molecule has 2 atom stereocenters. The summed E-state index contributed by atoms with van der Waals surface area (Å²) in [5, 5.41) is 12.3. The minimum absolute atomic E-state index is 0.0554. The van der Waals surface area contributed by atoms with Crippen molar-refractivity contribution < 1.29 is 19.5 Å². The van der Waals surface area contributed by atoms with E-state index in [-0.39, 0.29) is 42.4 Å². The number of carboxylic acid groups (broad SMARTS) is 1. The summed E-state index contributed by atoms with van der Waals surface area (Å²) in [4.78, 5) is 38.0.